The van der Waals surface area contributed by atoms with Gasteiger partial charge in [-0.3, -0.25) is 19.1 Å². The third kappa shape index (κ3) is 4.36. The first-order valence-corrected chi connectivity index (χ1v) is 11.1. The van der Waals surface area contributed by atoms with Crippen LogP contribution in [0.1, 0.15) is 42.5 Å². The average molecular weight is 462 g/mol. The molecule has 34 heavy (non-hydrogen) atoms. The maximum absolute atomic E-state index is 12.7. The van der Waals surface area contributed by atoms with Crippen molar-refractivity contribution in [2.75, 3.05) is 19.0 Å². The topological polar surface area (TPSA) is 111 Å². The molecule has 1 aliphatic heterocycles. The van der Waals surface area contributed by atoms with E-state index in [-0.39, 0.29) is 36.6 Å². The van der Waals surface area contributed by atoms with Gasteiger partial charge in [0, 0.05) is 32.6 Å². The van der Waals surface area contributed by atoms with Gasteiger partial charge in [-0.15, -0.1) is 0 Å². The number of aromatic amines is 1. The summed E-state index contributed by atoms with van der Waals surface area (Å²) in [4.78, 5) is 42.1. The molecule has 0 unspecified atom stereocenters. The molecule has 0 saturated heterocycles. The molecule has 9 heteroatoms. The molecule has 3 aromatic rings. The molecule has 0 saturated carbocycles. The fraction of sp³-hybridized carbons (Fsp3) is 0.280. The van der Waals surface area contributed by atoms with Crippen molar-refractivity contribution in [2.24, 2.45) is 5.10 Å². The number of hydrogen-bond donors (Lipinski definition) is 2. The van der Waals surface area contributed by atoms with Gasteiger partial charge in [0.25, 0.3) is 5.56 Å². The Bertz CT molecular complexity index is 1340. The molecule has 1 aliphatic rings. The molecule has 0 bridgehead atoms. The quantitative estimate of drug-likeness (QED) is 0.586. The smallest absolute Gasteiger partial charge is 0.331 e. The van der Waals surface area contributed by atoms with Crippen molar-refractivity contribution in [1.82, 2.24) is 14.6 Å². The van der Waals surface area contributed by atoms with E-state index in [0.29, 0.717) is 0 Å². The number of benzene rings is 2. The van der Waals surface area contributed by atoms with Gasteiger partial charge in [-0.05, 0) is 23.3 Å². The normalized spacial score (nSPS) is 15.3. The number of anilines is 1. The highest BCUT2D eigenvalue weighted by molar-refractivity contribution is 6.04. The fourth-order valence-corrected chi connectivity index (χ4v) is 4.04. The number of carbonyl (C=O) groups is 1. The van der Waals surface area contributed by atoms with E-state index in [1.54, 1.807) is 6.92 Å². The molecular formula is C25H27N5O4. The molecule has 2 aromatic carbocycles. The van der Waals surface area contributed by atoms with Gasteiger partial charge in [0.05, 0.1) is 18.3 Å². The van der Waals surface area contributed by atoms with E-state index < -0.39 is 23.2 Å². The molecule has 1 aromatic heterocycles. The summed E-state index contributed by atoms with van der Waals surface area (Å²) in [6.07, 6.45) is 0.464. The van der Waals surface area contributed by atoms with Crippen LogP contribution in [0.4, 0.5) is 5.69 Å². The minimum Gasteiger partial charge on any atom is -0.494 e. The summed E-state index contributed by atoms with van der Waals surface area (Å²) in [6.45, 7) is 1.82. The maximum atomic E-state index is 12.7. The van der Waals surface area contributed by atoms with Crippen LogP contribution >= 0.6 is 0 Å². The Balaban J connectivity index is 1.75. The molecule has 0 aliphatic carbocycles. The van der Waals surface area contributed by atoms with Gasteiger partial charge < -0.3 is 10.0 Å². The second kappa shape index (κ2) is 9.38. The number of H-pyrrole nitrogens is 1. The Morgan fingerprint density at radius 2 is 1.79 bits per heavy atom. The lowest BCUT2D eigenvalue weighted by molar-refractivity contribution is -0.132. The van der Waals surface area contributed by atoms with Crippen molar-refractivity contribution >= 4 is 17.3 Å². The van der Waals surface area contributed by atoms with Crippen molar-refractivity contribution in [3.05, 3.63) is 92.1 Å². The van der Waals surface area contributed by atoms with Crippen molar-refractivity contribution < 1.29 is 9.90 Å². The predicted molar refractivity (Wildman–Crippen MR) is 130 cm³/mol. The van der Waals surface area contributed by atoms with E-state index in [1.165, 1.54) is 5.01 Å². The number of aromatic hydroxyl groups is 1. The zero-order valence-corrected chi connectivity index (χ0v) is 19.4. The summed E-state index contributed by atoms with van der Waals surface area (Å²) in [5.74, 6) is -0.672. The Kier molecular flexibility index (Phi) is 6.36. The predicted octanol–water partition coefficient (Wildman–Crippen LogP) is 2.44. The minimum absolute atomic E-state index is 0.0790. The SMILES string of the molecule is CCC(=O)N1N=C(c2c(O)n(Cc3ccccc3)c(=O)[nH]c2=O)C[C@@H]1c1ccc(N(C)C)cc1. The van der Waals surface area contributed by atoms with E-state index >= 15 is 0 Å². The van der Waals surface area contributed by atoms with Crippen molar-refractivity contribution in [1.29, 1.82) is 0 Å². The van der Waals surface area contributed by atoms with Gasteiger partial charge in [-0.2, -0.15) is 5.10 Å². The highest BCUT2D eigenvalue weighted by Crippen LogP contribution is 2.34. The molecule has 4 rings (SSSR count). The van der Waals surface area contributed by atoms with Gasteiger partial charge in [-0.25, -0.2) is 9.80 Å². The average Bonchev–Trinajstić information content (AvgIpc) is 3.26. The lowest BCUT2D eigenvalue weighted by atomic mass is 9.98. The van der Waals surface area contributed by atoms with Gasteiger partial charge in [-0.1, -0.05) is 49.4 Å². The van der Waals surface area contributed by atoms with Crippen LogP contribution in [0.3, 0.4) is 0 Å². The zero-order valence-electron chi connectivity index (χ0n) is 19.4. The van der Waals surface area contributed by atoms with Gasteiger partial charge >= 0.3 is 5.69 Å². The lowest BCUT2D eigenvalue weighted by Gasteiger charge is -2.22. The van der Waals surface area contributed by atoms with Gasteiger partial charge in [0.1, 0.15) is 5.56 Å². The minimum atomic E-state index is -0.738. The molecule has 1 atom stereocenters. The summed E-state index contributed by atoms with van der Waals surface area (Å²) >= 11 is 0. The van der Waals surface area contributed by atoms with Crippen LogP contribution in [0, 0.1) is 0 Å². The van der Waals surface area contributed by atoms with Crippen LogP contribution in [0.15, 0.2) is 69.3 Å². The van der Waals surface area contributed by atoms with Crippen LogP contribution in [0.2, 0.25) is 0 Å². The monoisotopic (exact) mass is 461 g/mol. The first-order valence-electron chi connectivity index (χ1n) is 11.1. The van der Waals surface area contributed by atoms with Crippen LogP contribution in [-0.4, -0.2) is 45.4 Å². The fourth-order valence-electron chi connectivity index (χ4n) is 4.04. The second-order valence-electron chi connectivity index (χ2n) is 8.37. The Morgan fingerprint density at radius 1 is 1.12 bits per heavy atom. The Labute approximate surface area is 196 Å². The first kappa shape index (κ1) is 23.0. The largest absolute Gasteiger partial charge is 0.494 e. The maximum Gasteiger partial charge on any atom is 0.331 e. The summed E-state index contributed by atoms with van der Waals surface area (Å²) in [5.41, 5.74) is 1.36. The van der Waals surface area contributed by atoms with Gasteiger partial charge in [0.15, 0.2) is 0 Å². The molecule has 0 spiro atoms. The third-order valence-corrected chi connectivity index (χ3v) is 5.91. The standard InChI is InChI=1S/C25H27N5O4/c1-4-21(31)30-20(17-10-12-18(13-11-17)28(2)3)14-19(27-30)22-23(32)26-25(34)29(24(22)33)15-16-8-6-5-7-9-16/h5-13,20,33H,4,14-15H2,1-3H3,(H,26,32,34)/t20-/m1/s1. The summed E-state index contributed by atoms with van der Waals surface area (Å²) in [6, 6.07) is 16.5. The van der Waals surface area contributed by atoms with E-state index in [2.05, 4.69) is 10.1 Å². The number of hydrogen-bond acceptors (Lipinski definition) is 6. The second-order valence-corrected chi connectivity index (χ2v) is 8.37. The number of nitrogens with one attached hydrogen (secondary N) is 1. The molecule has 0 fully saturated rings. The Hall–Kier alpha value is -4.14. The summed E-state index contributed by atoms with van der Waals surface area (Å²) in [5, 5.41) is 16.8. The van der Waals surface area contributed by atoms with Crippen LogP contribution < -0.4 is 16.1 Å². The zero-order chi connectivity index (χ0) is 24.4. The van der Waals surface area contributed by atoms with Crippen molar-refractivity contribution in [2.45, 2.75) is 32.4 Å². The molecular weight excluding hydrogens is 434 g/mol. The van der Waals surface area contributed by atoms with E-state index in [4.69, 9.17) is 0 Å². The highest BCUT2D eigenvalue weighted by atomic mass is 16.3. The summed E-state index contributed by atoms with van der Waals surface area (Å²) < 4.78 is 1.10. The number of carbonyl (C=O) groups excluding carboxylic acids is 1. The molecule has 176 valence electrons. The number of nitrogens with zero attached hydrogens (tertiary/aromatic N) is 4. The lowest BCUT2D eigenvalue weighted by Crippen LogP contribution is -2.34. The van der Waals surface area contributed by atoms with Crippen LogP contribution in [0.5, 0.6) is 5.88 Å². The van der Waals surface area contributed by atoms with Crippen molar-refractivity contribution in [3.8, 4) is 5.88 Å². The number of amides is 1. The van der Waals surface area contributed by atoms with E-state index in [9.17, 15) is 19.5 Å². The number of hydrazone groups is 1. The third-order valence-electron chi connectivity index (χ3n) is 5.91. The molecule has 2 heterocycles. The molecule has 2 N–H and O–H groups in total. The van der Waals surface area contributed by atoms with E-state index in [1.807, 2.05) is 73.6 Å². The van der Waals surface area contributed by atoms with Gasteiger partial charge in [0.2, 0.25) is 11.8 Å². The van der Waals surface area contributed by atoms with E-state index in [0.717, 1.165) is 21.4 Å². The molecule has 0 radical (unpaired) electrons. The molecule has 9 nitrogen and oxygen atoms in total. The first-order chi connectivity index (χ1) is 16.3. The summed E-state index contributed by atoms with van der Waals surface area (Å²) in [7, 11) is 3.89. The molecule has 1 amide bonds. The van der Waals surface area contributed by atoms with Crippen LogP contribution in [0.25, 0.3) is 0 Å². The highest BCUT2D eigenvalue weighted by Gasteiger charge is 2.35. The number of aromatic nitrogens is 2. The Morgan fingerprint density at radius 3 is 2.41 bits per heavy atom. The van der Waals surface area contributed by atoms with Crippen LogP contribution in [-0.2, 0) is 11.3 Å². The van der Waals surface area contributed by atoms with Crippen molar-refractivity contribution in [3.63, 3.8) is 0 Å². The number of rotatable bonds is 6.